The summed E-state index contributed by atoms with van der Waals surface area (Å²) >= 11 is 5.93. The van der Waals surface area contributed by atoms with Gasteiger partial charge in [-0.3, -0.25) is 4.79 Å². The smallest absolute Gasteiger partial charge is 0.231 e. The van der Waals surface area contributed by atoms with Crippen LogP contribution >= 0.6 is 11.6 Å². The largest absolute Gasteiger partial charge is 0.456 e. The van der Waals surface area contributed by atoms with E-state index in [1.165, 1.54) is 0 Å². The van der Waals surface area contributed by atoms with Crippen LogP contribution in [0, 0.1) is 5.41 Å². The lowest BCUT2D eigenvalue weighted by Crippen LogP contribution is -2.38. The third-order valence-corrected chi connectivity index (χ3v) is 4.39. The molecule has 0 spiro atoms. The number of halogens is 1. The number of benzene rings is 1. The highest BCUT2D eigenvalue weighted by molar-refractivity contribution is 6.30. The molecule has 24 heavy (non-hydrogen) atoms. The zero-order chi connectivity index (χ0) is 17.0. The molecule has 6 heteroatoms. The summed E-state index contributed by atoms with van der Waals surface area (Å²) in [5, 5.41) is 3.48. The topological polar surface area (TPSA) is 60.5 Å². The van der Waals surface area contributed by atoms with E-state index in [2.05, 4.69) is 10.3 Å². The van der Waals surface area contributed by atoms with Crippen molar-refractivity contribution in [3.8, 4) is 11.5 Å². The molecule has 1 aliphatic rings. The van der Waals surface area contributed by atoms with Crippen LogP contribution in [-0.2, 0) is 9.53 Å². The van der Waals surface area contributed by atoms with Gasteiger partial charge in [0, 0.05) is 18.2 Å². The minimum absolute atomic E-state index is 0.0261. The van der Waals surface area contributed by atoms with E-state index >= 15 is 0 Å². The number of carbonyl (C=O) groups excluding carboxylic acids is 1. The summed E-state index contributed by atoms with van der Waals surface area (Å²) in [4.78, 5) is 16.7. The van der Waals surface area contributed by atoms with Crippen molar-refractivity contribution in [2.24, 2.45) is 5.41 Å². The maximum atomic E-state index is 12.5. The van der Waals surface area contributed by atoms with E-state index in [1.807, 2.05) is 19.1 Å². The van der Waals surface area contributed by atoms with Crippen molar-refractivity contribution in [3.63, 3.8) is 0 Å². The highest BCUT2D eigenvalue weighted by Crippen LogP contribution is 2.31. The van der Waals surface area contributed by atoms with Crippen molar-refractivity contribution in [2.75, 3.05) is 18.5 Å². The quantitative estimate of drug-likeness (QED) is 0.897. The molecule has 3 rings (SSSR count). The van der Waals surface area contributed by atoms with E-state index in [4.69, 9.17) is 21.1 Å². The Hall–Kier alpha value is -2.11. The minimum Gasteiger partial charge on any atom is -0.456 e. The van der Waals surface area contributed by atoms with Gasteiger partial charge in [0.1, 0.15) is 17.3 Å². The Bertz CT molecular complexity index is 712. The molecular formula is C18H19ClN2O3. The number of hydrogen-bond donors (Lipinski definition) is 1. The van der Waals surface area contributed by atoms with Gasteiger partial charge in [0.2, 0.25) is 5.91 Å². The number of pyridine rings is 1. The van der Waals surface area contributed by atoms with Gasteiger partial charge in [-0.1, -0.05) is 24.6 Å². The molecule has 0 saturated carbocycles. The zero-order valence-corrected chi connectivity index (χ0v) is 14.2. The molecule has 2 aromatic rings. The number of rotatable bonds is 4. The van der Waals surface area contributed by atoms with Crippen LogP contribution in [0.2, 0.25) is 5.02 Å². The molecule has 1 amide bonds. The lowest BCUT2D eigenvalue weighted by Gasteiger charge is -2.31. The molecule has 1 aromatic heterocycles. The van der Waals surface area contributed by atoms with Crippen LogP contribution in [0.25, 0.3) is 0 Å². The second-order valence-corrected chi connectivity index (χ2v) is 6.50. The molecule has 1 aromatic carbocycles. The normalized spacial score (nSPS) is 16.4. The molecule has 2 heterocycles. The maximum Gasteiger partial charge on any atom is 0.231 e. The van der Waals surface area contributed by atoms with Gasteiger partial charge >= 0.3 is 0 Å². The van der Waals surface area contributed by atoms with Gasteiger partial charge in [-0.2, -0.15) is 0 Å². The molecule has 1 saturated heterocycles. The fourth-order valence-corrected chi connectivity index (χ4v) is 2.68. The molecule has 0 unspecified atom stereocenters. The minimum atomic E-state index is -0.407. The molecule has 126 valence electrons. The van der Waals surface area contributed by atoms with Gasteiger partial charge in [-0.25, -0.2) is 4.98 Å². The first-order chi connectivity index (χ1) is 11.5. The highest BCUT2D eigenvalue weighted by atomic mass is 35.5. The second kappa shape index (κ2) is 7.20. The molecular weight excluding hydrogens is 328 g/mol. The maximum absolute atomic E-state index is 12.5. The second-order valence-electron chi connectivity index (χ2n) is 6.07. The number of nitrogens with zero attached hydrogens (tertiary/aromatic N) is 1. The van der Waals surface area contributed by atoms with E-state index in [1.54, 1.807) is 30.5 Å². The van der Waals surface area contributed by atoms with Crippen LogP contribution in [0.1, 0.15) is 19.8 Å². The Morgan fingerprint density at radius 1 is 1.25 bits per heavy atom. The van der Waals surface area contributed by atoms with E-state index < -0.39 is 5.41 Å². The lowest BCUT2D eigenvalue weighted by molar-refractivity contribution is -0.129. The first-order valence-corrected chi connectivity index (χ1v) is 8.22. The summed E-state index contributed by atoms with van der Waals surface area (Å²) in [6.07, 6.45) is 3.01. The van der Waals surface area contributed by atoms with E-state index in [9.17, 15) is 4.79 Å². The average molecular weight is 347 g/mol. The molecule has 5 nitrogen and oxygen atoms in total. The third kappa shape index (κ3) is 4.04. The van der Waals surface area contributed by atoms with Crippen LogP contribution in [0.15, 0.2) is 42.6 Å². The Labute approximate surface area is 145 Å². The fraction of sp³-hybridized carbons (Fsp3) is 0.333. The fourth-order valence-electron chi connectivity index (χ4n) is 2.50. The number of carbonyl (C=O) groups is 1. The number of anilines is 1. The van der Waals surface area contributed by atoms with Gasteiger partial charge in [-0.15, -0.1) is 0 Å². The van der Waals surface area contributed by atoms with Crippen molar-refractivity contribution in [1.29, 1.82) is 0 Å². The summed E-state index contributed by atoms with van der Waals surface area (Å²) in [5.74, 6) is 1.69. The Morgan fingerprint density at radius 2 is 2.04 bits per heavy atom. The number of ether oxygens (including phenoxy) is 2. The van der Waals surface area contributed by atoms with Crippen LogP contribution in [-0.4, -0.2) is 24.1 Å². The monoisotopic (exact) mass is 346 g/mol. The zero-order valence-electron chi connectivity index (χ0n) is 13.4. The predicted octanol–water partition coefficient (Wildman–Crippen LogP) is 4.28. The van der Waals surface area contributed by atoms with Gasteiger partial charge < -0.3 is 14.8 Å². The first kappa shape index (κ1) is 16.7. The summed E-state index contributed by atoms with van der Waals surface area (Å²) < 4.78 is 11.0. The molecule has 0 radical (unpaired) electrons. The predicted molar refractivity (Wildman–Crippen MR) is 92.6 cm³/mol. The van der Waals surface area contributed by atoms with E-state index in [0.717, 1.165) is 12.8 Å². The van der Waals surface area contributed by atoms with Gasteiger partial charge in [0.05, 0.1) is 11.6 Å². The van der Waals surface area contributed by atoms with Crippen molar-refractivity contribution in [2.45, 2.75) is 19.8 Å². The number of hydrogen-bond acceptors (Lipinski definition) is 4. The van der Waals surface area contributed by atoms with Crippen LogP contribution < -0.4 is 10.1 Å². The molecule has 1 aliphatic heterocycles. The highest BCUT2D eigenvalue weighted by Gasteiger charge is 2.35. The van der Waals surface area contributed by atoms with Crippen LogP contribution in [0.3, 0.4) is 0 Å². The number of aromatic nitrogens is 1. The Kier molecular flexibility index (Phi) is 5.02. The molecule has 0 bridgehead atoms. The number of nitrogens with one attached hydrogen (secondary N) is 1. The summed E-state index contributed by atoms with van der Waals surface area (Å²) in [5.41, 5.74) is -0.407. The van der Waals surface area contributed by atoms with Gasteiger partial charge in [0.15, 0.2) is 0 Å². The molecule has 1 N–H and O–H groups in total. The Balaban J connectivity index is 1.63. The average Bonchev–Trinajstić information content (AvgIpc) is 2.57. The van der Waals surface area contributed by atoms with E-state index in [0.29, 0.717) is 35.6 Å². The van der Waals surface area contributed by atoms with Crippen molar-refractivity contribution >= 4 is 23.3 Å². The third-order valence-electron chi connectivity index (χ3n) is 4.15. The first-order valence-electron chi connectivity index (χ1n) is 7.84. The standard InChI is InChI=1S/C18H19ClN2O3/c1-18(7-9-23-10-8-18)17(22)21-16-6-5-15(12-20-16)24-14-4-2-3-13(19)11-14/h2-6,11-12H,7-10H2,1H3,(H,20,21,22). The number of amides is 1. The lowest BCUT2D eigenvalue weighted by atomic mass is 9.81. The van der Waals surface area contributed by atoms with Crippen molar-refractivity contribution in [3.05, 3.63) is 47.6 Å². The summed E-state index contributed by atoms with van der Waals surface area (Å²) in [6.45, 7) is 3.19. The van der Waals surface area contributed by atoms with Crippen molar-refractivity contribution in [1.82, 2.24) is 4.98 Å². The van der Waals surface area contributed by atoms with Crippen LogP contribution in [0.5, 0.6) is 11.5 Å². The molecule has 0 aliphatic carbocycles. The van der Waals surface area contributed by atoms with Crippen LogP contribution in [0.4, 0.5) is 5.82 Å². The summed E-state index contributed by atoms with van der Waals surface area (Å²) in [6, 6.07) is 10.6. The van der Waals surface area contributed by atoms with Gasteiger partial charge in [0.25, 0.3) is 0 Å². The summed E-state index contributed by atoms with van der Waals surface area (Å²) in [7, 11) is 0. The molecule has 1 fully saturated rings. The van der Waals surface area contributed by atoms with Gasteiger partial charge in [-0.05, 0) is 43.2 Å². The Morgan fingerprint density at radius 3 is 2.71 bits per heavy atom. The van der Waals surface area contributed by atoms with E-state index in [-0.39, 0.29) is 5.91 Å². The SMILES string of the molecule is CC1(C(=O)Nc2ccc(Oc3cccc(Cl)c3)cn2)CCOCC1. The van der Waals surface area contributed by atoms with Crippen molar-refractivity contribution < 1.29 is 14.3 Å². The molecule has 0 atom stereocenters.